The number of alkyl halides is 2. The van der Waals surface area contributed by atoms with E-state index in [9.17, 15) is 13.0 Å². The zero-order chi connectivity index (χ0) is 31.0. The van der Waals surface area contributed by atoms with Gasteiger partial charge < -0.3 is 20.9 Å². The Labute approximate surface area is 250 Å². The first-order chi connectivity index (χ1) is 20.9. The van der Waals surface area contributed by atoms with Crippen LogP contribution >= 0.6 is 19.0 Å². The fourth-order valence-corrected chi connectivity index (χ4v) is 7.65. The van der Waals surface area contributed by atoms with Crippen molar-refractivity contribution in [2.24, 2.45) is 0 Å². The SMILES string of the molecule is Nc1ncnc2c1ncn2C1OC2CNS(=O)(=O)OC3C(CO[P@](=O)(S)OC2C1F)OC(n1cnc2c(N)ncnc21)C3F. The van der Waals surface area contributed by atoms with Gasteiger partial charge in [-0.25, -0.2) is 47.4 Å². The molecule has 3 aliphatic heterocycles. The average molecular weight is 678 g/mol. The smallest absolute Gasteiger partial charge is 0.382 e. The van der Waals surface area contributed by atoms with E-state index >= 15 is 8.78 Å². The van der Waals surface area contributed by atoms with Crippen molar-refractivity contribution in [3.8, 4) is 0 Å². The van der Waals surface area contributed by atoms with Crippen molar-refractivity contribution in [2.75, 3.05) is 24.6 Å². The van der Waals surface area contributed by atoms with Crippen LogP contribution < -0.4 is 16.2 Å². The fourth-order valence-electron chi connectivity index (χ4n) is 5.20. The van der Waals surface area contributed by atoms with Gasteiger partial charge in [0, 0.05) is 6.54 Å². The van der Waals surface area contributed by atoms with Gasteiger partial charge in [-0.2, -0.15) is 13.1 Å². The Morgan fingerprint density at radius 1 is 0.886 bits per heavy atom. The van der Waals surface area contributed by atoms with E-state index in [2.05, 4.69) is 46.9 Å². The maximum atomic E-state index is 15.9. The minimum atomic E-state index is -4.73. The van der Waals surface area contributed by atoms with E-state index in [4.69, 9.17) is 34.2 Å². The monoisotopic (exact) mass is 677 g/mol. The zero-order valence-electron chi connectivity index (χ0n) is 21.9. The molecular weight excluding hydrogens is 655 g/mol. The van der Waals surface area contributed by atoms with E-state index in [1.165, 1.54) is 21.8 Å². The van der Waals surface area contributed by atoms with Crippen LogP contribution in [0.3, 0.4) is 0 Å². The maximum absolute atomic E-state index is 15.9. The van der Waals surface area contributed by atoms with Gasteiger partial charge >= 0.3 is 17.1 Å². The highest BCUT2D eigenvalue weighted by atomic mass is 32.7. The summed E-state index contributed by atoms with van der Waals surface area (Å²) >= 11 is 3.96. The molecule has 4 aromatic heterocycles. The van der Waals surface area contributed by atoms with E-state index in [1.54, 1.807) is 0 Å². The van der Waals surface area contributed by atoms with Gasteiger partial charge in [0.15, 0.2) is 47.7 Å². The topological polar surface area (TPSA) is 249 Å². The van der Waals surface area contributed by atoms with Gasteiger partial charge in [-0.05, 0) is 0 Å². The molecule has 9 atom stereocenters. The number of ether oxygens (including phenoxy) is 2. The molecule has 3 saturated heterocycles. The Kier molecular flexibility index (Phi) is 7.21. The van der Waals surface area contributed by atoms with Gasteiger partial charge in [0.25, 0.3) is 0 Å². The second-order valence-corrected chi connectivity index (χ2v) is 14.1. The lowest BCUT2D eigenvalue weighted by atomic mass is 10.1. The minimum absolute atomic E-state index is 0.0213. The zero-order valence-corrected chi connectivity index (χ0v) is 24.5. The second-order valence-electron chi connectivity index (χ2n) is 9.88. The summed E-state index contributed by atoms with van der Waals surface area (Å²) in [7, 11) is -4.73. The van der Waals surface area contributed by atoms with E-state index in [-0.39, 0.29) is 34.0 Å². The lowest BCUT2D eigenvalue weighted by Crippen LogP contribution is -2.44. The first-order valence-electron chi connectivity index (χ1n) is 12.7. The number of nitrogens with one attached hydrogen (secondary N) is 1. The van der Waals surface area contributed by atoms with Crippen molar-refractivity contribution in [1.82, 2.24) is 43.8 Å². The third-order valence-corrected chi connectivity index (χ3v) is 9.82. The molecule has 8 unspecified atom stereocenters. The Balaban J connectivity index is 1.17. The largest absolute Gasteiger partial charge is 0.386 e. The number of fused-ring (bicyclic) bond motifs is 4. The lowest BCUT2D eigenvalue weighted by Gasteiger charge is -2.26. The maximum Gasteiger partial charge on any atom is 0.386 e. The number of rotatable bonds is 2. The predicted molar refractivity (Wildman–Crippen MR) is 146 cm³/mol. The number of hydrogen-bond acceptors (Lipinski definition) is 16. The number of hydrogen-bond donors (Lipinski definition) is 4. The van der Waals surface area contributed by atoms with Crippen LogP contribution in [0.2, 0.25) is 0 Å². The molecule has 236 valence electrons. The van der Waals surface area contributed by atoms with Gasteiger partial charge in [0.2, 0.25) is 0 Å². The summed E-state index contributed by atoms with van der Waals surface area (Å²) < 4.78 is 103. The fraction of sp³-hybridized carbons (Fsp3) is 0.500. The van der Waals surface area contributed by atoms with Gasteiger partial charge in [-0.3, -0.25) is 18.2 Å². The lowest BCUT2D eigenvalue weighted by molar-refractivity contribution is -0.0434. The van der Waals surface area contributed by atoms with Gasteiger partial charge in [-0.15, -0.1) is 0 Å². The summed E-state index contributed by atoms with van der Waals surface area (Å²) in [4.78, 5) is 23.9. The van der Waals surface area contributed by atoms with E-state index in [0.717, 1.165) is 12.7 Å². The first-order valence-corrected chi connectivity index (χ1v) is 16.8. The number of anilines is 2. The van der Waals surface area contributed by atoms with Crippen LogP contribution in [0.4, 0.5) is 20.4 Å². The Hall–Kier alpha value is -3.15. The summed E-state index contributed by atoms with van der Waals surface area (Å²) in [5.74, 6) is 0.0517. The number of aromatic nitrogens is 8. The molecule has 0 bridgehead atoms. The van der Waals surface area contributed by atoms with Crippen molar-refractivity contribution in [2.45, 2.75) is 49.2 Å². The van der Waals surface area contributed by atoms with Crippen molar-refractivity contribution < 1.29 is 44.5 Å². The molecule has 0 spiro atoms. The summed E-state index contributed by atoms with van der Waals surface area (Å²) in [6.07, 6.45) is -8.92. The Bertz CT molecular complexity index is 1900. The molecule has 0 saturated carbocycles. The summed E-state index contributed by atoms with van der Waals surface area (Å²) in [6.45, 7) is -5.80. The van der Waals surface area contributed by atoms with Crippen molar-refractivity contribution >= 4 is 63.3 Å². The molecule has 0 aliphatic carbocycles. The average Bonchev–Trinajstić information content (AvgIpc) is 3.73. The van der Waals surface area contributed by atoms with Crippen LogP contribution in [0.5, 0.6) is 0 Å². The molecule has 7 rings (SSSR count). The van der Waals surface area contributed by atoms with E-state index < -0.39 is 79.5 Å². The Morgan fingerprint density at radius 3 is 2.02 bits per heavy atom. The van der Waals surface area contributed by atoms with Crippen LogP contribution in [0, 0.1) is 0 Å². The molecule has 0 amide bonds. The number of halogens is 2. The van der Waals surface area contributed by atoms with Gasteiger partial charge in [0.05, 0.1) is 19.3 Å². The molecule has 3 aliphatic rings. The number of nitrogens with two attached hydrogens (primary N) is 2. The van der Waals surface area contributed by atoms with E-state index in [0.29, 0.717) is 0 Å². The van der Waals surface area contributed by atoms with Crippen molar-refractivity contribution in [1.29, 1.82) is 0 Å². The first kappa shape index (κ1) is 29.6. The standard InChI is InChI=1S/C20H22F2N11O8PS2/c21-9-13-7(38-19(9)32-5-29-11-15(23)25-3-27-17(11)32)1-31-44(35,36)41-14-8(2-37-42(34,43)40-13)39-20(10(14)22)33-6-30-12-16(24)26-4-28-18(12)33/h3-10,13-14,19-20,31H,1-2H2,(H,34,43)(H2,23,25,27)(H2,24,26,28)/t7?,8?,9?,10?,13?,14?,19?,20?,42-/m0/s1. The highest BCUT2D eigenvalue weighted by Crippen LogP contribution is 2.57. The molecule has 4 aromatic rings. The Morgan fingerprint density at radius 2 is 1.43 bits per heavy atom. The predicted octanol–water partition coefficient (Wildman–Crippen LogP) is -0.0255. The molecular formula is C20H22F2N11O8PS2. The van der Waals surface area contributed by atoms with Gasteiger partial charge in [0.1, 0.15) is 48.1 Å². The molecule has 7 heterocycles. The second kappa shape index (κ2) is 10.7. The van der Waals surface area contributed by atoms with E-state index in [1.807, 2.05) is 0 Å². The quantitative estimate of drug-likeness (QED) is 0.161. The van der Waals surface area contributed by atoms with Gasteiger partial charge in [-0.1, -0.05) is 12.2 Å². The van der Waals surface area contributed by atoms with Crippen LogP contribution in [-0.4, -0.2) is 97.4 Å². The molecule has 44 heavy (non-hydrogen) atoms. The summed E-state index contributed by atoms with van der Waals surface area (Å²) in [5, 5.41) is 0. The summed E-state index contributed by atoms with van der Waals surface area (Å²) in [6, 6.07) is 0. The third kappa shape index (κ3) is 5.06. The van der Waals surface area contributed by atoms with Crippen LogP contribution in [-0.2, 0) is 37.6 Å². The molecule has 0 aromatic carbocycles. The number of thiol groups is 1. The van der Waals surface area contributed by atoms with Crippen LogP contribution in [0.1, 0.15) is 12.5 Å². The minimum Gasteiger partial charge on any atom is -0.382 e. The number of nitrogens with zero attached hydrogens (tertiary/aromatic N) is 8. The van der Waals surface area contributed by atoms with Crippen molar-refractivity contribution in [3.05, 3.63) is 25.3 Å². The van der Waals surface area contributed by atoms with Crippen molar-refractivity contribution in [3.63, 3.8) is 0 Å². The molecule has 3 fully saturated rings. The van der Waals surface area contributed by atoms with Crippen LogP contribution in [0.25, 0.3) is 22.3 Å². The number of imidazole rings is 2. The molecule has 24 heteroatoms. The number of nitrogen functional groups attached to an aromatic ring is 2. The molecule has 0 radical (unpaired) electrons. The van der Waals surface area contributed by atoms with Crippen LogP contribution in [0.15, 0.2) is 25.3 Å². The highest BCUT2D eigenvalue weighted by Gasteiger charge is 2.53. The normalized spacial score (nSPS) is 36.1. The highest BCUT2D eigenvalue weighted by molar-refractivity contribution is 8.44. The third-order valence-electron chi connectivity index (χ3n) is 7.21. The summed E-state index contributed by atoms with van der Waals surface area (Å²) in [5.41, 5.74) is 12.2. The molecule has 5 N–H and O–H groups in total. The molecule has 19 nitrogen and oxygen atoms in total.